The smallest absolute Gasteiger partial charge is 0.419 e. The molecule has 2 aromatic rings. The maximum atomic E-state index is 12.6. The molecule has 0 saturated heterocycles. The summed E-state index contributed by atoms with van der Waals surface area (Å²) < 4.78 is 64.7. The van der Waals surface area contributed by atoms with Gasteiger partial charge in [0.15, 0.2) is 0 Å². The third-order valence-corrected chi connectivity index (χ3v) is 4.98. The van der Waals surface area contributed by atoms with E-state index in [-0.39, 0.29) is 16.0 Å². The molecule has 0 radical (unpaired) electrons. The number of phenolic OH excluding ortho intramolecular Hbond substituents is 1. The molecule has 0 saturated carbocycles. The van der Waals surface area contributed by atoms with Crippen LogP contribution < -0.4 is 4.72 Å². The van der Waals surface area contributed by atoms with Gasteiger partial charge in [0.25, 0.3) is 10.0 Å². The minimum atomic E-state index is -4.72. The minimum absolute atomic E-state index is 0.0279. The Morgan fingerprint density at radius 1 is 0.960 bits per heavy atom. The maximum Gasteiger partial charge on any atom is 0.419 e. The molecule has 0 bridgehead atoms. The lowest BCUT2D eigenvalue weighted by Gasteiger charge is -2.19. The number of phenols is 1. The fourth-order valence-corrected chi connectivity index (χ4v) is 3.23. The maximum absolute atomic E-state index is 12.6. The molecule has 0 unspecified atom stereocenters. The van der Waals surface area contributed by atoms with Gasteiger partial charge in [0.1, 0.15) is 5.75 Å². The highest BCUT2D eigenvalue weighted by atomic mass is 32.2. The summed E-state index contributed by atoms with van der Waals surface area (Å²) in [6, 6.07) is 8.50. The van der Waals surface area contributed by atoms with Crippen LogP contribution in [0.2, 0.25) is 0 Å². The second-order valence-corrected chi connectivity index (χ2v) is 8.29. The van der Waals surface area contributed by atoms with Crippen molar-refractivity contribution in [2.75, 3.05) is 4.72 Å². The van der Waals surface area contributed by atoms with Crippen molar-refractivity contribution in [1.29, 1.82) is 0 Å². The van der Waals surface area contributed by atoms with E-state index >= 15 is 0 Å². The zero-order valence-electron chi connectivity index (χ0n) is 13.8. The van der Waals surface area contributed by atoms with E-state index in [1.807, 2.05) is 20.8 Å². The molecule has 0 fully saturated rings. The Hall–Kier alpha value is -2.22. The second kappa shape index (κ2) is 6.25. The van der Waals surface area contributed by atoms with Crippen molar-refractivity contribution in [3.63, 3.8) is 0 Å². The molecular weight excluding hydrogens is 355 g/mol. The summed E-state index contributed by atoms with van der Waals surface area (Å²) >= 11 is 0. The molecule has 0 aliphatic carbocycles. The van der Waals surface area contributed by atoms with Crippen molar-refractivity contribution in [3.8, 4) is 5.75 Å². The highest BCUT2D eigenvalue weighted by Gasteiger charge is 2.34. The number of halogens is 3. The Balaban J connectivity index is 2.29. The van der Waals surface area contributed by atoms with Crippen molar-refractivity contribution in [1.82, 2.24) is 0 Å². The molecule has 0 heterocycles. The summed E-state index contributed by atoms with van der Waals surface area (Å²) in [5, 5.41) is 9.47. The van der Waals surface area contributed by atoms with E-state index in [2.05, 4.69) is 4.72 Å². The largest absolute Gasteiger partial charge is 0.507 e. The van der Waals surface area contributed by atoms with Crippen LogP contribution in [0.1, 0.15) is 31.9 Å². The Bertz CT molecular complexity index is 867. The van der Waals surface area contributed by atoms with Crippen LogP contribution >= 0.6 is 0 Å². The fourth-order valence-electron chi connectivity index (χ4n) is 2.18. The van der Waals surface area contributed by atoms with Crippen molar-refractivity contribution >= 4 is 15.7 Å². The van der Waals surface area contributed by atoms with Crippen molar-refractivity contribution in [2.45, 2.75) is 37.3 Å². The first-order valence-electron chi connectivity index (χ1n) is 7.34. The average molecular weight is 373 g/mol. The number of nitrogens with one attached hydrogen (secondary N) is 1. The molecule has 136 valence electrons. The predicted octanol–water partition coefficient (Wildman–Crippen LogP) is 4.51. The number of anilines is 1. The molecule has 0 atom stereocenters. The van der Waals surface area contributed by atoms with E-state index in [1.165, 1.54) is 12.1 Å². The minimum Gasteiger partial charge on any atom is -0.507 e. The van der Waals surface area contributed by atoms with Crippen LogP contribution in [-0.4, -0.2) is 13.5 Å². The van der Waals surface area contributed by atoms with Crippen LogP contribution in [0.3, 0.4) is 0 Å². The third-order valence-electron chi connectivity index (χ3n) is 3.59. The molecule has 0 aromatic heterocycles. The summed E-state index contributed by atoms with van der Waals surface area (Å²) in [7, 11) is -3.98. The number of benzene rings is 2. The lowest BCUT2D eigenvalue weighted by Crippen LogP contribution is -2.15. The predicted molar refractivity (Wildman–Crippen MR) is 89.1 cm³/mol. The zero-order valence-corrected chi connectivity index (χ0v) is 14.7. The number of aromatic hydroxyl groups is 1. The van der Waals surface area contributed by atoms with Gasteiger partial charge in [0, 0.05) is 6.07 Å². The molecule has 0 spiro atoms. The molecule has 25 heavy (non-hydrogen) atoms. The van der Waals surface area contributed by atoms with Crippen molar-refractivity contribution in [3.05, 3.63) is 53.6 Å². The Morgan fingerprint density at radius 3 is 1.96 bits per heavy atom. The third kappa shape index (κ3) is 4.45. The van der Waals surface area contributed by atoms with Crippen LogP contribution in [0, 0.1) is 0 Å². The first-order chi connectivity index (χ1) is 11.3. The van der Waals surface area contributed by atoms with Crippen molar-refractivity contribution < 1.29 is 26.7 Å². The first kappa shape index (κ1) is 19.1. The summed E-state index contributed by atoms with van der Waals surface area (Å²) in [5.41, 5.74) is -0.594. The Labute approximate surface area is 144 Å². The van der Waals surface area contributed by atoms with Gasteiger partial charge in [-0.2, -0.15) is 13.2 Å². The Kier molecular flexibility index (Phi) is 4.78. The number of alkyl halides is 3. The molecule has 0 aliphatic rings. The molecule has 0 amide bonds. The topological polar surface area (TPSA) is 66.4 Å². The number of hydrogen-bond acceptors (Lipinski definition) is 3. The van der Waals surface area contributed by atoms with E-state index in [4.69, 9.17) is 0 Å². The molecule has 2 N–H and O–H groups in total. The lowest BCUT2D eigenvalue weighted by atomic mass is 9.87. The van der Waals surface area contributed by atoms with Crippen molar-refractivity contribution in [2.24, 2.45) is 0 Å². The summed E-state index contributed by atoms with van der Waals surface area (Å²) in [6.45, 7) is 5.96. The molecule has 4 nitrogen and oxygen atoms in total. The molecule has 0 aliphatic heterocycles. The first-order valence-corrected chi connectivity index (χ1v) is 8.82. The van der Waals surface area contributed by atoms with Gasteiger partial charge in [-0.3, -0.25) is 4.72 Å². The van der Waals surface area contributed by atoms with Gasteiger partial charge in [-0.1, -0.05) is 32.9 Å². The SMILES string of the molecule is CC(C)(C)c1ccc(S(=O)(=O)Nc2ccc(C(F)(F)F)c(O)c2)cc1. The fraction of sp³-hybridized carbons (Fsp3) is 0.294. The van der Waals surface area contributed by atoms with Gasteiger partial charge in [0.05, 0.1) is 16.1 Å². The lowest BCUT2D eigenvalue weighted by molar-refractivity contribution is -0.138. The summed E-state index contributed by atoms with van der Waals surface area (Å²) in [5.74, 6) is -1.05. The number of rotatable bonds is 3. The highest BCUT2D eigenvalue weighted by Crippen LogP contribution is 2.37. The number of hydrogen-bond donors (Lipinski definition) is 2. The van der Waals surface area contributed by atoms with Gasteiger partial charge in [-0.15, -0.1) is 0 Å². The van der Waals surface area contributed by atoms with Gasteiger partial charge < -0.3 is 5.11 Å². The number of sulfonamides is 1. The average Bonchev–Trinajstić information content (AvgIpc) is 2.44. The standard InChI is InChI=1S/C17H18F3NO3S/c1-16(2,3)11-4-7-13(8-5-11)25(23,24)21-12-6-9-14(15(22)10-12)17(18,19)20/h4-10,21-22H,1-3H3. The van der Waals surface area contributed by atoms with E-state index in [0.29, 0.717) is 6.07 Å². The normalized spacial score (nSPS) is 12.9. The van der Waals surface area contributed by atoms with E-state index in [1.54, 1.807) is 12.1 Å². The molecular formula is C17H18F3NO3S. The van der Waals surface area contributed by atoms with E-state index < -0.39 is 27.5 Å². The van der Waals surface area contributed by atoms with Crippen LogP contribution in [-0.2, 0) is 21.6 Å². The zero-order chi connectivity index (χ0) is 19.0. The molecule has 2 aromatic carbocycles. The van der Waals surface area contributed by atoms with Crippen LogP contribution in [0.15, 0.2) is 47.4 Å². The second-order valence-electron chi connectivity index (χ2n) is 6.61. The Morgan fingerprint density at radius 2 is 1.52 bits per heavy atom. The van der Waals surface area contributed by atoms with Gasteiger partial charge in [-0.25, -0.2) is 8.42 Å². The van der Waals surface area contributed by atoms with Gasteiger partial charge in [-0.05, 0) is 35.2 Å². The van der Waals surface area contributed by atoms with Crippen LogP contribution in [0.4, 0.5) is 18.9 Å². The van der Waals surface area contributed by atoms with E-state index in [0.717, 1.165) is 17.7 Å². The highest BCUT2D eigenvalue weighted by molar-refractivity contribution is 7.92. The van der Waals surface area contributed by atoms with E-state index in [9.17, 15) is 26.7 Å². The monoisotopic (exact) mass is 373 g/mol. The quantitative estimate of drug-likeness (QED) is 0.832. The van der Waals surface area contributed by atoms with Crippen LogP contribution in [0.25, 0.3) is 0 Å². The summed E-state index contributed by atoms with van der Waals surface area (Å²) in [6.07, 6.45) is -4.72. The molecule has 2 rings (SSSR count). The molecule has 8 heteroatoms. The van der Waals surface area contributed by atoms with Gasteiger partial charge in [0.2, 0.25) is 0 Å². The van der Waals surface area contributed by atoms with Gasteiger partial charge >= 0.3 is 6.18 Å². The van der Waals surface area contributed by atoms with Crippen LogP contribution in [0.5, 0.6) is 5.75 Å². The summed E-state index contributed by atoms with van der Waals surface area (Å²) in [4.78, 5) is -0.0279.